The van der Waals surface area contributed by atoms with E-state index in [9.17, 15) is 4.79 Å². The van der Waals surface area contributed by atoms with Crippen molar-refractivity contribution in [1.29, 1.82) is 0 Å². The molecule has 43 heavy (non-hydrogen) atoms. The molecule has 220 valence electrons. The van der Waals surface area contributed by atoms with Crippen molar-refractivity contribution in [2.75, 3.05) is 7.11 Å². The Kier molecular flexibility index (Phi) is 9.54. The molecule has 0 radical (unpaired) electrons. The van der Waals surface area contributed by atoms with Crippen molar-refractivity contribution in [2.45, 2.75) is 27.1 Å². The number of hydrogen-bond donors (Lipinski definition) is 1. The average Bonchev–Trinajstić information content (AvgIpc) is 3.62. The molecule has 1 N–H and O–H groups in total. The summed E-state index contributed by atoms with van der Waals surface area (Å²) in [6.45, 7) is 4.60. The van der Waals surface area contributed by atoms with Crippen LogP contribution in [0, 0.1) is 13.8 Å². The van der Waals surface area contributed by atoms with Crippen molar-refractivity contribution in [2.24, 2.45) is 5.10 Å². The zero-order valence-corrected chi connectivity index (χ0v) is 26.1. The van der Waals surface area contributed by atoms with Gasteiger partial charge >= 0.3 is 5.91 Å². The number of amides is 1. The highest BCUT2D eigenvalue weighted by molar-refractivity contribution is 9.10. The zero-order valence-electron chi connectivity index (χ0n) is 23.8. The molecule has 5 aromatic rings. The molecule has 0 atom stereocenters. The first-order valence-corrected chi connectivity index (χ1v) is 14.5. The molecule has 10 heteroatoms. The molecule has 0 aliphatic heterocycles. The summed E-state index contributed by atoms with van der Waals surface area (Å²) in [6.07, 6.45) is 1.48. The summed E-state index contributed by atoms with van der Waals surface area (Å²) in [5.74, 6) is 1.78. The molecule has 0 saturated carbocycles. The second-order valence-electron chi connectivity index (χ2n) is 9.64. The van der Waals surface area contributed by atoms with E-state index in [0.29, 0.717) is 33.6 Å². The number of benzene rings is 3. The topological polar surface area (TPSA) is 87.2 Å². The fourth-order valence-electron chi connectivity index (χ4n) is 4.44. The smallest absolute Gasteiger partial charge is 0.307 e. The number of halogens is 2. The summed E-state index contributed by atoms with van der Waals surface area (Å²) in [6, 6.07) is 26.2. The molecule has 0 bridgehead atoms. The van der Waals surface area contributed by atoms with Crippen molar-refractivity contribution in [3.8, 4) is 22.9 Å². The number of hydrazone groups is 1. The van der Waals surface area contributed by atoms with Crippen LogP contribution in [0.25, 0.3) is 5.69 Å². The van der Waals surface area contributed by atoms with Gasteiger partial charge in [-0.25, -0.2) is 5.43 Å². The van der Waals surface area contributed by atoms with Crippen molar-refractivity contribution in [3.05, 3.63) is 128 Å². The molecule has 1 amide bonds. The molecule has 8 nitrogen and oxygen atoms in total. The van der Waals surface area contributed by atoms with E-state index in [4.69, 9.17) is 30.2 Å². The maximum atomic E-state index is 12.7. The molecule has 2 aromatic heterocycles. The lowest BCUT2D eigenvalue weighted by atomic mass is 10.2. The van der Waals surface area contributed by atoms with Gasteiger partial charge in [0.1, 0.15) is 24.7 Å². The van der Waals surface area contributed by atoms with Crippen LogP contribution in [0.1, 0.15) is 38.8 Å². The third-order valence-electron chi connectivity index (χ3n) is 6.57. The van der Waals surface area contributed by atoms with Gasteiger partial charge in [0, 0.05) is 32.1 Å². The molecule has 2 heterocycles. The second kappa shape index (κ2) is 13.7. The van der Waals surface area contributed by atoms with Crippen molar-refractivity contribution in [3.63, 3.8) is 0 Å². The number of ether oxygens (including phenoxy) is 3. The van der Waals surface area contributed by atoms with Crippen molar-refractivity contribution >= 4 is 39.7 Å². The van der Waals surface area contributed by atoms with Gasteiger partial charge in [0.15, 0.2) is 17.3 Å². The lowest BCUT2D eigenvalue weighted by molar-refractivity contribution is 0.0923. The molecule has 0 saturated heterocycles. The molecule has 0 aliphatic carbocycles. The van der Waals surface area contributed by atoms with E-state index < -0.39 is 5.91 Å². The van der Waals surface area contributed by atoms with Crippen LogP contribution in [-0.4, -0.2) is 23.8 Å². The van der Waals surface area contributed by atoms with Crippen molar-refractivity contribution in [1.82, 2.24) is 9.99 Å². The van der Waals surface area contributed by atoms with Gasteiger partial charge < -0.3 is 23.2 Å². The molecule has 0 unspecified atom stereocenters. The minimum atomic E-state index is -0.505. The van der Waals surface area contributed by atoms with E-state index in [-0.39, 0.29) is 19.0 Å². The number of carbonyl (C=O) groups is 1. The molecular weight excluding hydrogens is 634 g/mol. The minimum absolute atomic E-state index is 0.107. The van der Waals surface area contributed by atoms with E-state index in [2.05, 4.69) is 57.0 Å². The van der Waals surface area contributed by atoms with E-state index in [1.54, 1.807) is 37.4 Å². The van der Waals surface area contributed by atoms with E-state index >= 15 is 0 Å². The maximum absolute atomic E-state index is 12.7. The number of methoxy groups -OCH3 is 1. The predicted octanol–water partition coefficient (Wildman–Crippen LogP) is 8.03. The van der Waals surface area contributed by atoms with Crippen LogP contribution < -0.4 is 19.6 Å². The first-order valence-electron chi connectivity index (χ1n) is 13.4. The molecule has 0 fully saturated rings. The fourth-order valence-corrected chi connectivity index (χ4v) is 5.02. The van der Waals surface area contributed by atoms with E-state index in [0.717, 1.165) is 27.1 Å². The Morgan fingerprint density at radius 2 is 1.67 bits per heavy atom. The largest absolute Gasteiger partial charge is 0.493 e. The average molecular weight is 663 g/mol. The number of hydrogen-bond acceptors (Lipinski definition) is 6. The van der Waals surface area contributed by atoms with Crippen LogP contribution >= 0.6 is 27.5 Å². The highest BCUT2D eigenvalue weighted by Gasteiger charge is 2.14. The van der Waals surface area contributed by atoms with Gasteiger partial charge in [-0.1, -0.05) is 39.7 Å². The third kappa shape index (κ3) is 7.49. The zero-order chi connectivity index (χ0) is 30.3. The Hall–Kier alpha value is -4.47. The molecule has 3 aromatic carbocycles. The predicted molar refractivity (Wildman–Crippen MR) is 170 cm³/mol. The van der Waals surface area contributed by atoms with Crippen LogP contribution in [0.2, 0.25) is 5.02 Å². The quantitative estimate of drug-likeness (QED) is 0.114. The lowest BCUT2D eigenvalue weighted by Crippen LogP contribution is -2.17. The van der Waals surface area contributed by atoms with Gasteiger partial charge in [-0.2, -0.15) is 5.10 Å². The molecule has 0 spiro atoms. The Balaban J connectivity index is 1.19. The SMILES string of the molecule is COc1cc(Br)cc(C=NNC(=O)c2ccc(COc3ccc(-n4c(C)ccc4C)cc3)o2)c1OCc1ccc(Cl)cc1. The number of aryl methyl sites for hydroxylation is 2. The van der Waals surface area contributed by atoms with Gasteiger partial charge in [-0.05, 0) is 92.2 Å². The van der Waals surface area contributed by atoms with Gasteiger partial charge in [0.05, 0.1) is 13.3 Å². The minimum Gasteiger partial charge on any atom is -0.493 e. The fraction of sp³-hybridized carbons (Fsp3) is 0.152. The van der Waals surface area contributed by atoms with Crippen LogP contribution in [-0.2, 0) is 13.2 Å². The van der Waals surface area contributed by atoms with Gasteiger partial charge in [0.25, 0.3) is 0 Å². The molecule has 5 rings (SSSR count). The summed E-state index contributed by atoms with van der Waals surface area (Å²) in [4.78, 5) is 12.7. The summed E-state index contributed by atoms with van der Waals surface area (Å²) >= 11 is 9.46. The monoisotopic (exact) mass is 661 g/mol. The van der Waals surface area contributed by atoms with Crippen LogP contribution in [0.5, 0.6) is 17.2 Å². The van der Waals surface area contributed by atoms with Gasteiger partial charge in [-0.3, -0.25) is 4.79 Å². The highest BCUT2D eigenvalue weighted by Crippen LogP contribution is 2.34. The summed E-state index contributed by atoms with van der Waals surface area (Å²) in [7, 11) is 1.55. The standard InChI is InChI=1S/C33H29BrClN3O5/c1-21-4-5-22(2)38(21)27-10-12-28(13-11-27)41-20-29-14-15-30(43-29)33(39)37-36-18-24-16-25(34)17-31(40-3)32(24)42-19-23-6-8-26(35)9-7-23/h4-18H,19-20H2,1-3H3,(H,37,39). The number of nitrogens with one attached hydrogen (secondary N) is 1. The highest BCUT2D eigenvalue weighted by atomic mass is 79.9. The Labute approximate surface area is 263 Å². The normalized spacial score (nSPS) is 11.1. The Morgan fingerprint density at radius 1 is 0.953 bits per heavy atom. The van der Waals surface area contributed by atoms with Crippen molar-refractivity contribution < 1.29 is 23.4 Å². The summed E-state index contributed by atoms with van der Waals surface area (Å²) in [5, 5.41) is 4.76. The van der Waals surface area contributed by atoms with E-state index in [1.807, 2.05) is 42.5 Å². The Bertz CT molecular complexity index is 1720. The number of aromatic nitrogens is 1. The third-order valence-corrected chi connectivity index (χ3v) is 7.28. The molecule has 0 aliphatic rings. The number of rotatable bonds is 11. The number of carbonyl (C=O) groups excluding carboxylic acids is 1. The Morgan fingerprint density at radius 3 is 2.37 bits per heavy atom. The van der Waals surface area contributed by atoms with E-state index in [1.165, 1.54) is 6.21 Å². The lowest BCUT2D eigenvalue weighted by Gasteiger charge is -2.14. The first-order chi connectivity index (χ1) is 20.8. The van der Waals surface area contributed by atoms with Gasteiger partial charge in [0.2, 0.25) is 0 Å². The first kappa shape index (κ1) is 30.0. The summed E-state index contributed by atoms with van der Waals surface area (Å²) in [5.41, 5.74) is 7.41. The van der Waals surface area contributed by atoms with Crippen LogP contribution in [0.3, 0.4) is 0 Å². The number of nitrogens with zero attached hydrogens (tertiary/aromatic N) is 2. The van der Waals surface area contributed by atoms with Gasteiger partial charge in [-0.15, -0.1) is 0 Å². The maximum Gasteiger partial charge on any atom is 0.307 e. The van der Waals surface area contributed by atoms with Crippen LogP contribution in [0.4, 0.5) is 0 Å². The second-order valence-corrected chi connectivity index (χ2v) is 11.0. The molecular formula is C33H29BrClN3O5. The number of furan rings is 1. The van der Waals surface area contributed by atoms with Crippen LogP contribution in [0.15, 0.2) is 98.9 Å². The summed E-state index contributed by atoms with van der Waals surface area (Å²) < 4.78 is 26.0.